The highest BCUT2D eigenvalue weighted by Crippen LogP contribution is 2.30. The maximum atomic E-state index is 12.8. The lowest BCUT2D eigenvalue weighted by atomic mass is 9.92. The van der Waals surface area contributed by atoms with Gasteiger partial charge in [-0.1, -0.05) is 37.1 Å². The van der Waals surface area contributed by atoms with E-state index in [1.165, 1.54) is 4.90 Å². The quantitative estimate of drug-likeness (QED) is 0.873. The fourth-order valence-corrected chi connectivity index (χ4v) is 3.90. The topological polar surface area (TPSA) is 86.7 Å². The van der Waals surface area contributed by atoms with Crippen molar-refractivity contribution >= 4 is 17.8 Å². The summed E-state index contributed by atoms with van der Waals surface area (Å²) in [5.74, 6) is -1.50. The summed E-state index contributed by atoms with van der Waals surface area (Å²) in [6.45, 7) is 1.98. The first-order chi connectivity index (χ1) is 12.0. The average Bonchev–Trinajstić information content (AvgIpc) is 3.14. The minimum absolute atomic E-state index is 0.0207. The predicted octanol–water partition coefficient (Wildman–Crippen LogP) is 1.89. The van der Waals surface area contributed by atoms with Gasteiger partial charge in [0.2, 0.25) is 11.8 Å². The van der Waals surface area contributed by atoms with E-state index in [9.17, 15) is 19.5 Å². The Bertz CT molecular complexity index is 682. The van der Waals surface area contributed by atoms with Crippen LogP contribution in [0.25, 0.3) is 0 Å². The highest BCUT2D eigenvalue weighted by molar-refractivity contribution is 5.91. The Morgan fingerprint density at radius 2 is 1.88 bits per heavy atom. The third-order valence-corrected chi connectivity index (χ3v) is 5.26. The first-order valence-electron chi connectivity index (χ1n) is 8.90. The fraction of sp³-hybridized carbons (Fsp3) is 0.526. The first kappa shape index (κ1) is 17.5. The summed E-state index contributed by atoms with van der Waals surface area (Å²) < 4.78 is 0. The highest BCUT2D eigenvalue weighted by atomic mass is 16.4. The highest BCUT2D eigenvalue weighted by Gasteiger charge is 2.38. The number of amides is 2. The molecule has 25 heavy (non-hydrogen) atoms. The molecule has 0 aromatic heterocycles. The number of nitrogens with one attached hydrogen (secondary N) is 1. The van der Waals surface area contributed by atoms with Crippen molar-refractivity contribution in [1.82, 2.24) is 10.2 Å². The van der Waals surface area contributed by atoms with Gasteiger partial charge in [0.25, 0.3) is 0 Å². The lowest BCUT2D eigenvalue weighted by molar-refractivity contribution is -0.152. The van der Waals surface area contributed by atoms with Crippen LogP contribution >= 0.6 is 0 Å². The Balaban J connectivity index is 1.74. The molecule has 1 aliphatic heterocycles. The van der Waals surface area contributed by atoms with E-state index in [1.54, 1.807) is 19.1 Å². The van der Waals surface area contributed by atoms with Crippen LogP contribution in [0.5, 0.6) is 0 Å². The average molecular weight is 344 g/mol. The Labute approximate surface area is 147 Å². The van der Waals surface area contributed by atoms with Gasteiger partial charge in [-0.2, -0.15) is 0 Å². The van der Waals surface area contributed by atoms with E-state index in [2.05, 4.69) is 5.32 Å². The van der Waals surface area contributed by atoms with Crippen molar-refractivity contribution in [2.45, 2.75) is 51.1 Å². The van der Waals surface area contributed by atoms with E-state index < -0.39 is 18.1 Å². The van der Waals surface area contributed by atoms with Gasteiger partial charge in [0.05, 0.1) is 0 Å². The molecule has 2 aliphatic rings. The summed E-state index contributed by atoms with van der Waals surface area (Å²) in [4.78, 5) is 38.3. The van der Waals surface area contributed by atoms with Gasteiger partial charge in [-0.3, -0.25) is 9.59 Å². The van der Waals surface area contributed by atoms with Gasteiger partial charge in [-0.05, 0) is 37.3 Å². The Morgan fingerprint density at radius 3 is 2.56 bits per heavy atom. The summed E-state index contributed by atoms with van der Waals surface area (Å²) in [7, 11) is 0. The van der Waals surface area contributed by atoms with Gasteiger partial charge >= 0.3 is 5.97 Å². The van der Waals surface area contributed by atoms with Crippen LogP contribution in [0.2, 0.25) is 0 Å². The molecule has 6 heteroatoms. The van der Waals surface area contributed by atoms with Crippen LogP contribution in [-0.4, -0.2) is 40.4 Å². The van der Waals surface area contributed by atoms with Crippen molar-refractivity contribution in [3.05, 3.63) is 35.4 Å². The molecule has 1 aliphatic carbocycles. The molecule has 2 atom stereocenters. The number of carbonyl (C=O) groups excluding carboxylic acids is 2. The van der Waals surface area contributed by atoms with Crippen molar-refractivity contribution in [2.75, 3.05) is 6.54 Å². The molecule has 0 bridgehead atoms. The summed E-state index contributed by atoms with van der Waals surface area (Å²) >= 11 is 0. The minimum atomic E-state index is -1.05. The maximum absolute atomic E-state index is 12.8. The largest absolute Gasteiger partial charge is 0.479 e. The molecule has 1 aromatic carbocycles. The van der Waals surface area contributed by atoms with Crippen LogP contribution < -0.4 is 5.32 Å². The lowest BCUT2D eigenvalue weighted by Crippen LogP contribution is -2.52. The molecule has 2 amide bonds. The monoisotopic (exact) mass is 344 g/mol. The van der Waals surface area contributed by atoms with Crippen LogP contribution in [0.1, 0.15) is 49.8 Å². The van der Waals surface area contributed by atoms with Gasteiger partial charge in [0.15, 0.2) is 6.04 Å². The molecule has 1 heterocycles. The molecule has 3 rings (SSSR count). The molecule has 0 saturated heterocycles. The van der Waals surface area contributed by atoms with Crippen LogP contribution in [0.15, 0.2) is 24.3 Å². The molecule has 0 radical (unpaired) electrons. The summed E-state index contributed by atoms with van der Waals surface area (Å²) in [6.07, 6.45) is 4.44. The summed E-state index contributed by atoms with van der Waals surface area (Å²) in [6, 6.07) is 5.60. The van der Waals surface area contributed by atoms with E-state index in [0.717, 1.165) is 31.2 Å². The van der Waals surface area contributed by atoms with E-state index in [4.69, 9.17) is 0 Å². The number of rotatable bonds is 4. The van der Waals surface area contributed by atoms with E-state index in [-0.39, 0.29) is 17.7 Å². The standard InChI is InChI=1S/C19H24N2O4/c1-12(20-17(22)14-7-2-3-8-14)18(23)21-11-10-13-6-4-5-9-15(13)16(21)19(24)25/h4-6,9,12,14,16H,2-3,7-8,10-11H2,1H3,(H,20,22)(H,24,25). The van der Waals surface area contributed by atoms with Gasteiger partial charge in [0.1, 0.15) is 6.04 Å². The van der Waals surface area contributed by atoms with Crippen LogP contribution in [0.4, 0.5) is 0 Å². The molecule has 0 spiro atoms. The predicted molar refractivity (Wildman–Crippen MR) is 91.8 cm³/mol. The number of fused-ring (bicyclic) bond motifs is 1. The molecule has 1 fully saturated rings. The second-order valence-corrected chi connectivity index (χ2v) is 6.93. The molecule has 1 saturated carbocycles. The van der Waals surface area contributed by atoms with Gasteiger partial charge in [-0.15, -0.1) is 0 Å². The van der Waals surface area contributed by atoms with Gasteiger partial charge < -0.3 is 15.3 Å². The second-order valence-electron chi connectivity index (χ2n) is 6.93. The minimum Gasteiger partial charge on any atom is -0.479 e. The zero-order valence-corrected chi connectivity index (χ0v) is 14.4. The van der Waals surface area contributed by atoms with Crippen molar-refractivity contribution in [3.63, 3.8) is 0 Å². The molecule has 2 N–H and O–H groups in total. The van der Waals surface area contributed by atoms with Crippen LogP contribution in [0, 0.1) is 5.92 Å². The Kier molecular flexibility index (Phi) is 5.06. The van der Waals surface area contributed by atoms with Crippen molar-refractivity contribution in [3.8, 4) is 0 Å². The number of carbonyl (C=O) groups is 3. The van der Waals surface area contributed by atoms with Crippen LogP contribution in [-0.2, 0) is 20.8 Å². The number of carboxylic acid groups (broad SMARTS) is 1. The normalized spacial score (nSPS) is 21.5. The molecule has 6 nitrogen and oxygen atoms in total. The van der Waals surface area contributed by atoms with Crippen LogP contribution in [0.3, 0.4) is 0 Å². The second kappa shape index (κ2) is 7.25. The van der Waals surface area contributed by atoms with E-state index in [0.29, 0.717) is 18.5 Å². The number of carboxylic acids is 1. The van der Waals surface area contributed by atoms with Gasteiger partial charge in [0, 0.05) is 12.5 Å². The number of aliphatic carboxylic acids is 1. The summed E-state index contributed by atoms with van der Waals surface area (Å²) in [5, 5.41) is 12.4. The molecule has 1 aromatic rings. The molecule has 2 unspecified atom stereocenters. The molecular weight excluding hydrogens is 320 g/mol. The lowest BCUT2D eigenvalue weighted by Gasteiger charge is -2.36. The van der Waals surface area contributed by atoms with Crippen molar-refractivity contribution in [2.24, 2.45) is 5.92 Å². The van der Waals surface area contributed by atoms with E-state index in [1.807, 2.05) is 12.1 Å². The SMILES string of the molecule is CC(NC(=O)C1CCCC1)C(=O)N1CCc2ccccc2C1C(=O)O. The van der Waals surface area contributed by atoms with Gasteiger partial charge in [-0.25, -0.2) is 4.79 Å². The van der Waals surface area contributed by atoms with Crippen molar-refractivity contribution in [1.29, 1.82) is 0 Å². The maximum Gasteiger partial charge on any atom is 0.331 e. The molecule has 134 valence electrons. The van der Waals surface area contributed by atoms with Crippen molar-refractivity contribution < 1.29 is 19.5 Å². The first-order valence-corrected chi connectivity index (χ1v) is 8.90. The molecular formula is C19H24N2O4. The third kappa shape index (κ3) is 3.52. The zero-order valence-electron chi connectivity index (χ0n) is 14.4. The Hall–Kier alpha value is -2.37. The van der Waals surface area contributed by atoms with E-state index >= 15 is 0 Å². The number of hydrogen-bond donors (Lipinski definition) is 2. The zero-order chi connectivity index (χ0) is 18.0. The Morgan fingerprint density at radius 1 is 1.20 bits per heavy atom. The number of nitrogens with zero attached hydrogens (tertiary/aromatic N) is 1. The fourth-order valence-electron chi connectivity index (χ4n) is 3.90. The smallest absolute Gasteiger partial charge is 0.331 e. The third-order valence-electron chi connectivity index (χ3n) is 5.26. The summed E-state index contributed by atoms with van der Waals surface area (Å²) in [5.41, 5.74) is 1.62. The number of hydrogen-bond acceptors (Lipinski definition) is 3. The number of benzene rings is 1.